The molecule has 8 heteroatoms. The summed E-state index contributed by atoms with van der Waals surface area (Å²) in [5.41, 5.74) is 5.76. The number of ether oxygens (including phenoxy) is 1. The summed E-state index contributed by atoms with van der Waals surface area (Å²) in [6.45, 7) is -0.794. The van der Waals surface area contributed by atoms with Crippen molar-refractivity contribution in [3.63, 3.8) is 0 Å². The van der Waals surface area contributed by atoms with Crippen LogP contribution in [0.1, 0.15) is 25.7 Å². The van der Waals surface area contributed by atoms with Crippen LogP contribution in [0.25, 0.3) is 0 Å². The Balaban J connectivity index is 2.35. The van der Waals surface area contributed by atoms with E-state index in [9.17, 15) is 18.0 Å². The van der Waals surface area contributed by atoms with Crippen molar-refractivity contribution in [2.24, 2.45) is 5.73 Å². The smallest absolute Gasteiger partial charge is 0.422 e. The van der Waals surface area contributed by atoms with Crippen LogP contribution in [0.4, 0.5) is 18.9 Å². The highest BCUT2D eigenvalue weighted by atomic mass is 19.4. The summed E-state index contributed by atoms with van der Waals surface area (Å²) in [6, 6.07) is 2.71. The summed E-state index contributed by atoms with van der Waals surface area (Å²) < 4.78 is 40.3. The van der Waals surface area contributed by atoms with Crippen LogP contribution in [0.2, 0.25) is 0 Å². The Kier molecular flexibility index (Phi) is 6.93. The van der Waals surface area contributed by atoms with E-state index in [0.29, 0.717) is 18.7 Å². The minimum Gasteiger partial charge on any atom is -0.468 e. The number of aromatic nitrogens is 1. The molecule has 0 aliphatic rings. The van der Waals surface area contributed by atoms with Crippen LogP contribution in [0, 0.1) is 0 Å². The van der Waals surface area contributed by atoms with Gasteiger partial charge in [0.05, 0.1) is 11.9 Å². The Morgan fingerprint density at radius 2 is 2.05 bits per heavy atom. The Hall–Kier alpha value is -1.83. The average molecular weight is 305 g/mol. The third-order valence-corrected chi connectivity index (χ3v) is 2.51. The maximum absolute atomic E-state index is 11.9. The zero-order chi connectivity index (χ0) is 15.7. The van der Waals surface area contributed by atoms with E-state index in [1.54, 1.807) is 0 Å². The van der Waals surface area contributed by atoms with Crippen molar-refractivity contribution in [2.75, 3.05) is 18.5 Å². The first kappa shape index (κ1) is 17.2. The van der Waals surface area contributed by atoms with Crippen molar-refractivity contribution in [1.82, 2.24) is 4.98 Å². The van der Waals surface area contributed by atoms with Crippen LogP contribution in [-0.2, 0) is 4.79 Å². The van der Waals surface area contributed by atoms with Crippen LogP contribution in [0.5, 0.6) is 5.88 Å². The lowest BCUT2D eigenvalue weighted by atomic mass is 10.2. The third-order valence-electron chi connectivity index (χ3n) is 2.51. The number of carbonyl (C=O) groups is 1. The van der Waals surface area contributed by atoms with E-state index >= 15 is 0 Å². The van der Waals surface area contributed by atoms with Gasteiger partial charge in [0.15, 0.2) is 6.61 Å². The van der Waals surface area contributed by atoms with Crippen LogP contribution in [-0.4, -0.2) is 30.2 Å². The number of anilines is 1. The number of halogens is 3. The van der Waals surface area contributed by atoms with Gasteiger partial charge >= 0.3 is 6.18 Å². The van der Waals surface area contributed by atoms with Crippen molar-refractivity contribution >= 4 is 11.6 Å². The van der Waals surface area contributed by atoms with Crippen molar-refractivity contribution in [2.45, 2.75) is 31.9 Å². The molecule has 0 aliphatic heterocycles. The fraction of sp³-hybridized carbons (Fsp3) is 0.538. The van der Waals surface area contributed by atoms with Gasteiger partial charge in [0.2, 0.25) is 11.8 Å². The number of nitrogens with one attached hydrogen (secondary N) is 1. The van der Waals surface area contributed by atoms with E-state index in [1.165, 1.54) is 18.3 Å². The molecule has 3 N–H and O–H groups in total. The van der Waals surface area contributed by atoms with E-state index in [0.717, 1.165) is 19.3 Å². The Bertz CT molecular complexity index is 435. The van der Waals surface area contributed by atoms with E-state index in [2.05, 4.69) is 15.0 Å². The predicted molar refractivity (Wildman–Crippen MR) is 71.9 cm³/mol. The number of alkyl halides is 3. The molecule has 0 bridgehead atoms. The zero-order valence-electron chi connectivity index (χ0n) is 11.4. The Labute approximate surface area is 120 Å². The number of nitrogens with two attached hydrogens (primary N) is 1. The van der Waals surface area contributed by atoms with E-state index in [1.807, 2.05) is 0 Å². The molecule has 0 atom stereocenters. The maximum atomic E-state index is 11.9. The SMILES string of the molecule is NCCCCCC(=O)Nc1ccc(OCC(F)(F)F)nc1. The number of nitrogens with zero attached hydrogens (tertiary/aromatic N) is 1. The molecule has 0 saturated heterocycles. The summed E-state index contributed by atoms with van der Waals surface area (Å²) in [4.78, 5) is 15.3. The summed E-state index contributed by atoms with van der Waals surface area (Å²) in [7, 11) is 0. The van der Waals surface area contributed by atoms with Gasteiger partial charge in [0, 0.05) is 12.5 Å². The molecule has 1 aromatic heterocycles. The second-order valence-electron chi connectivity index (χ2n) is 4.44. The van der Waals surface area contributed by atoms with Crippen molar-refractivity contribution < 1.29 is 22.7 Å². The molecule has 0 unspecified atom stereocenters. The Morgan fingerprint density at radius 3 is 2.62 bits per heavy atom. The van der Waals surface area contributed by atoms with Crippen LogP contribution < -0.4 is 15.8 Å². The van der Waals surface area contributed by atoms with E-state index in [-0.39, 0.29) is 11.8 Å². The highest BCUT2D eigenvalue weighted by Crippen LogP contribution is 2.18. The van der Waals surface area contributed by atoms with Gasteiger partial charge in [-0.05, 0) is 25.5 Å². The number of hydrogen-bond acceptors (Lipinski definition) is 4. The number of hydrogen-bond donors (Lipinski definition) is 2. The van der Waals surface area contributed by atoms with Gasteiger partial charge in [-0.15, -0.1) is 0 Å². The topological polar surface area (TPSA) is 77.2 Å². The van der Waals surface area contributed by atoms with Gasteiger partial charge in [-0.1, -0.05) is 6.42 Å². The summed E-state index contributed by atoms with van der Waals surface area (Å²) in [6.07, 6.45) is -0.288. The van der Waals surface area contributed by atoms with E-state index in [4.69, 9.17) is 5.73 Å². The summed E-state index contributed by atoms with van der Waals surface area (Å²) in [5, 5.41) is 2.61. The molecule has 0 aromatic carbocycles. The molecule has 0 aliphatic carbocycles. The molecular formula is C13H18F3N3O2. The first-order valence-electron chi connectivity index (χ1n) is 6.56. The first-order valence-corrected chi connectivity index (χ1v) is 6.56. The summed E-state index contributed by atoms with van der Waals surface area (Å²) >= 11 is 0. The Morgan fingerprint density at radius 1 is 1.29 bits per heavy atom. The number of rotatable bonds is 8. The molecule has 118 valence electrons. The molecule has 0 spiro atoms. The lowest BCUT2D eigenvalue weighted by Gasteiger charge is -2.09. The third kappa shape index (κ3) is 8.13. The maximum Gasteiger partial charge on any atom is 0.422 e. The van der Waals surface area contributed by atoms with Gasteiger partial charge in [-0.3, -0.25) is 4.79 Å². The van der Waals surface area contributed by atoms with Crippen molar-refractivity contribution in [3.05, 3.63) is 18.3 Å². The first-order chi connectivity index (χ1) is 9.90. The van der Waals surface area contributed by atoms with Gasteiger partial charge in [0.25, 0.3) is 0 Å². The second kappa shape index (κ2) is 8.46. The second-order valence-corrected chi connectivity index (χ2v) is 4.44. The van der Waals surface area contributed by atoms with E-state index < -0.39 is 12.8 Å². The number of carbonyl (C=O) groups excluding carboxylic acids is 1. The molecule has 21 heavy (non-hydrogen) atoms. The molecule has 5 nitrogen and oxygen atoms in total. The largest absolute Gasteiger partial charge is 0.468 e. The van der Waals surface area contributed by atoms with Gasteiger partial charge in [-0.2, -0.15) is 13.2 Å². The van der Waals surface area contributed by atoms with Gasteiger partial charge < -0.3 is 15.8 Å². The van der Waals surface area contributed by atoms with Crippen LogP contribution in [0.3, 0.4) is 0 Å². The molecule has 1 rings (SSSR count). The minimum atomic E-state index is -4.40. The minimum absolute atomic E-state index is 0.145. The fourth-order valence-corrected chi connectivity index (χ4v) is 1.53. The quantitative estimate of drug-likeness (QED) is 0.723. The molecule has 1 amide bonds. The molecule has 1 heterocycles. The van der Waals surface area contributed by atoms with Crippen LogP contribution in [0.15, 0.2) is 18.3 Å². The molecule has 0 radical (unpaired) electrons. The van der Waals surface area contributed by atoms with Crippen molar-refractivity contribution in [1.29, 1.82) is 0 Å². The molecular weight excluding hydrogens is 287 g/mol. The number of pyridine rings is 1. The lowest BCUT2D eigenvalue weighted by Crippen LogP contribution is -2.19. The van der Waals surface area contributed by atoms with Gasteiger partial charge in [0.1, 0.15) is 0 Å². The number of unbranched alkanes of at least 4 members (excludes halogenated alkanes) is 2. The summed E-state index contributed by atoms with van der Waals surface area (Å²) in [5.74, 6) is -0.314. The zero-order valence-corrected chi connectivity index (χ0v) is 11.4. The standard InChI is InChI=1S/C13H18F3N3O2/c14-13(15,16)9-21-12-6-5-10(8-18-12)19-11(20)4-2-1-3-7-17/h5-6,8H,1-4,7,9,17H2,(H,19,20). The monoisotopic (exact) mass is 305 g/mol. The molecule has 0 fully saturated rings. The highest BCUT2D eigenvalue weighted by Gasteiger charge is 2.28. The molecule has 0 saturated carbocycles. The molecule has 1 aromatic rings. The number of amides is 1. The lowest BCUT2D eigenvalue weighted by molar-refractivity contribution is -0.154. The van der Waals surface area contributed by atoms with Gasteiger partial charge in [-0.25, -0.2) is 4.98 Å². The normalized spacial score (nSPS) is 11.2. The highest BCUT2D eigenvalue weighted by molar-refractivity contribution is 5.90. The van der Waals surface area contributed by atoms with Crippen molar-refractivity contribution in [3.8, 4) is 5.88 Å². The predicted octanol–water partition coefficient (Wildman–Crippen LogP) is 2.48. The fourth-order valence-electron chi connectivity index (χ4n) is 1.53. The average Bonchev–Trinajstić information content (AvgIpc) is 2.42. The van der Waals surface area contributed by atoms with Crippen LogP contribution >= 0.6 is 0 Å².